The molecule has 3 heterocycles. The van der Waals surface area contributed by atoms with Gasteiger partial charge in [-0.2, -0.15) is 0 Å². The van der Waals surface area contributed by atoms with Crippen LogP contribution in [0.2, 0.25) is 5.02 Å². The molecule has 3 aromatic heterocycles. The van der Waals surface area contributed by atoms with E-state index >= 15 is 0 Å². The third kappa shape index (κ3) is 1.97. The Hall–Kier alpha value is -2.99. The molecular formula is C17H9ClFN3O2. The van der Waals surface area contributed by atoms with Crippen molar-refractivity contribution in [2.24, 2.45) is 0 Å². The highest BCUT2D eigenvalue weighted by molar-refractivity contribution is 6.33. The molecule has 4 rings (SSSR count). The molecule has 0 N–H and O–H groups in total. The molecule has 0 aliphatic heterocycles. The summed E-state index contributed by atoms with van der Waals surface area (Å²) in [6.45, 7) is 0. The van der Waals surface area contributed by atoms with Crippen molar-refractivity contribution in [2.45, 2.75) is 0 Å². The summed E-state index contributed by atoms with van der Waals surface area (Å²) >= 11 is 5.99. The third-order valence-electron chi connectivity index (χ3n) is 3.88. The number of benzene rings is 1. The Kier molecular flexibility index (Phi) is 3.21. The monoisotopic (exact) mass is 341 g/mol. The van der Waals surface area contributed by atoms with Gasteiger partial charge in [0.1, 0.15) is 11.3 Å². The van der Waals surface area contributed by atoms with Crippen molar-refractivity contribution in [1.82, 2.24) is 14.0 Å². The van der Waals surface area contributed by atoms with Crippen LogP contribution in [-0.2, 0) is 0 Å². The van der Waals surface area contributed by atoms with Gasteiger partial charge in [0.25, 0.3) is 5.56 Å². The van der Waals surface area contributed by atoms with Gasteiger partial charge in [-0.15, -0.1) is 0 Å². The number of para-hydroxylation sites is 1. The summed E-state index contributed by atoms with van der Waals surface area (Å²) in [7, 11) is 0. The number of carbonyl (C=O) groups excluding carboxylic acids is 1. The number of halogens is 2. The minimum atomic E-state index is -0.425. The first kappa shape index (κ1) is 14.6. The van der Waals surface area contributed by atoms with E-state index in [1.807, 2.05) is 0 Å². The summed E-state index contributed by atoms with van der Waals surface area (Å²) < 4.78 is 16.8. The number of hydrogen-bond acceptors (Lipinski definition) is 3. The van der Waals surface area contributed by atoms with E-state index < -0.39 is 11.4 Å². The molecule has 0 atom stereocenters. The molecule has 0 aliphatic rings. The first-order valence-corrected chi connectivity index (χ1v) is 7.40. The summed E-state index contributed by atoms with van der Waals surface area (Å²) in [6.07, 6.45) is 4.96. The molecular weight excluding hydrogens is 333 g/mol. The molecule has 118 valence electrons. The predicted molar refractivity (Wildman–Crippen MR) is 88.7 cm³/mol. The van der Waals surface area contributed by atoms with Crippen LogP contribution in [0.3, 0.4) is 0 Å². The molecule has 0 radical (unpaired) electrons. The molecule has 0 saturated heterocycles. The van der Waals surface area contributed by atoms with Gasteiger partial charge in [0, 0.05) is 24.0 Å². The second kappa shape index (κ2) is 5.28. The Morgan fingerprint density at radius 2 is 2.04 bits per heavy atom. The fourth-order valence-electron chi connectivity index (χ4n) is 2.79. The minimum Gasteiger partial charge on any atom is -0.308 e. The first-order valence-electron chi connectivity index (χ1n) is 7.03. The van der Waals surface area contributed by atoms with Crippen molar-refractivity contribution >= 4 is 34.3 Å². The number of aldehydes is 1. The number of aromatic nitrogens is 3. The van der Waals surface area contributed by atoms with Gasteiger partial charge in [-0.3, -0.25) is 14.2 Å². The van der Waals surface area contributed by atoms with Gasteiger partial charge in [-0.1, -0.05) is 23.7 Å². The van der Waals surface area contributed by atoms with Crippen molar-refractivity contribution in [2.75, 3.05) is 0 Å². The van der Waals surface area contributed by atoms with Crippen molar-refractivity contribution in [1.29, 1.82) is 0 Å². The second-order valence-electron chi connectivity index (χ2n) is 5.20. The fraction of sp³-hybridized carbons (Fsp3) is 0. The molecule has 0 spiro atoms. The molecule has 1 aromatic carbocycles. The fourth-order valence-corrected chi connectivity index (χ4v) is 2.98. The number of pyridine rings is 1. The normalized spacial score (nSPS) is 11.2. The molecule has 0 fully saturated rings. The highest BCUT2D eigenvalue weighted by atomic mass is 35.5. The zero-order valence-corrected chi connectivity index (χ0v) is 12.9. The summed E-state index contributed by atoms with van der Waals surface area (Å²) in [5, 5.41) is 0.813. The lowest BCUT2D eigenvalue weighted by Gasteiger charge is -2.09. The standard InChI is InChI=1S/C17H9ClFN3O2/c18-12-4-5-20-16(11(12)9-23)22-7-6-21-14(17(22)24)8-10-2-1-3-13(19)15(10)21/h1-9H. The van der Waals surface area contributed by atoms with E-state index in [0.29, 0.717) is 17.2 Å². The molecule has 7 heteroatoms. The van der Waals surface area contributed by atoms with E-state index in [1.165, 1.54) is 33.5 Å². The summed E-state index contributed by atoms with van der Waals surface area (Å²) in [6, 6.07) is 7.72. The lowest BCUT2D eigenvalue weighted by molar-refractivity contribution is 0.112. The van der Waals surface area contributed by atoms with E-state index in [4.69, 9.17) is 11.6 Å². The number of hydrogen-bond donors (Lipinski definition) is 0. The Labute approximate surface area is 139 Å². The molecule has 0 unspecified atom stereocenters. The molecule has 0 aliphatic carbocycles. The number of nitrogens with zero attached hydrogens (tertiary/aromatic N) is 3. The minimum absolute atomic E-state index is 0.118. The van der Waals surface area contributed by atoms with Crippen LogP contribution in [0.5, 0.6) is 0 Å². The molecule has 0 amide bonds. The predicted octanol–water partition coefficient (Wildman–Crippen LogP) is 3.24. The average Bonchev–Trinajstić information content (AvgIpc) is 2.96. The highest BCUT2D eigenvalue weighted by Gasteiger charge is 2.15. The van der Waals surface area contributed by atoms with Gasteiger partial charge in [0.15, 0.2) is 12.1 Å². The average molecular weight is 342 g/mol. The van der Waals surface area contributed by atoms with E-state index in [9.17, 15) is 14.0 Å². The van der Waals surface area contributed by atoms with Gasteiger partial charge < -0.3 is 4.40 Å². The molecule has 0 bridgehead atoms. The molecule has 4 aromatic rings. The maximum atomic E-state index is 14.1. The first-order chi connectivity index (χ1) is 11.6. The van der Waals surface area contributed by atoms with E-state index in [-0.39, 0.29) is 21.9 Å². The number of fused-ring (bicyclic) bond motifs is 3. The van der Waals surface area contributed by atoms with Gasteiger partial charge in [0.2, 0.25) is 0 Å². The van der Waals surface area contributed by atoms with Gasteiger partial charge in [0.05, 0.1) is 16.1 Å². The van der Waals surface area contributed by atoms with Crippen LogP contribution >= 0.6 is 11.6 Å². The summed E-state index contributed by atoms with van der Waals surface area (Å²) in [4.78, 5) is 28.2. The smallest absolute Gasteiger partial charge is 0.280 e. The number of rotatable bonds is 2. The largest absolute Gasteiger partial charge is 0.308 e. The lowest BCUT2D eigenvalue weighted by atomic mass is 10.2. The SMILES string of the molecule is O=Cc1c(Cl)ccnc1-n1ccn2c(cc3cccc(F)c32)c1=O. The Balaban J connectivity index is 2.10. The van der Waals surface area contributed by atoms with Crippen LogP contribution in [-0.4, -0.2) is 20.2 Å². The van der Waals surface area contributed by atoms with Crippen LogP contribution in [0.15, 0.2) is 53.7 Å². The summed E-state index contributed by atoms with van der Waals surface area (Å²) in [5.74, 6) is -0.283. The highest BCUT2D eigenvalue weighted by Crippen LogP contribution is 2.22. The molecule has 24 heavy (non-hydrogen) atoms. The Bertz CT molecular complexity index is 1180. The van der Waals surface area contributed by atoms with Crippen molar-refractivity contribution in [3.8, 4) is 5.82 Å². The van der Waals surface area contributed by atoms with Crippen LogP contribution in [0.25, 0.3) is 22.2 Å². The second-order valence-corrected chi connectivity index (χ2v) is 5.61. The quantitative estimate of drug-likeness (QED) is 0.526. The Morgan fingerprint density at radius 3 is 2.83 bits per heavy atom. The van der Waals surface area contributed by atoms with Crippen LogP contribution in [0.4, 0.5) is 4.39 Å². The van der Waals surface area contributed by atoms with Crippen molar-refractivity contribution in [3.05, 3.63) is 75.7 Å². The van der Waals surface area contributed by atoms with E-state index in [1.54, 1.807) is 24.4 Å². The van der Waals surface area contributed by atoms with Crippen LogP contribution in [0.1, 0.15) is 10.4 Å². The Morgan fingerprint density at radius 1 is 1.21 bits per heavy atom. The topological polar surface area (TPSA) is 56.4 Å². The maximum absolute atomic E-state index is 14.1. The van der Waals surface area contributed by atoms with Crippen molar-refractivity contribution < 1.29 is 9.18 Å². The summed E-state index contributed by atoms with van der Waals surface area (Å²) in [5.41, 5.74) is 0.293. The van der Waals surface area contributed by atoms with E-state index in [0.717, 1.165) is 0 Å². The molecule has 5 nitrogen and oxygen atoms in total. The van der Waals surface area contributed by atoms with Gasteiger partial charge in [-0.05, 0) is 18.2 Å². The van der Waals surface area contributed by atoms with E-state index in [2.05, 4.69) is 4.98 Å². The lowest BCUT2D eigenvalue weighted by Crippen LogP contribution is -2.21. The zero-order chi connectivity index (χ0) is 16.8. The van der Waals surface area contributed by atoms with Crippen molar-refractivity contribution in [3.63, 3.8) is 0 Å². The number of carbonyl (C=O) groups is 1. The van der Waals surface area contributed by atoms with Crippen LogP contribution in [0, 0.1) is 5.82 Å². The molecule has 0 saturated carbocycles. The zero-order valence-electron chi connectivity index (χ0n) is 12.1. The van der Waals surface area contributed by atoms with Gasteiger partial charge >= 0.3 is 0 Å². The van der Waals surface area contributed by atoms with Crippen LogP contribution < -0.4 is 5.56 Å². The third-order valence-corrected chi connectivity index (χ3v) is 4.20. The maximum Gasteiger partial charge on any atom is 0.280 e. The van der Waals surface area contributed by atoms with Gasteiger partial charge in [-0.25, -0.2) is 9.37 Å².